The third kappa shape index (κ3) is 3.41. The zero-order valence-corrected chi connectivity index (χ0v) is 11.2. The lowest BCUT2D eigenvalue weighted by atomic mass is 10.4. The number of anilines is 2. The summed E-state index contributed by atoms with van der Waals surface area (Å²) < 4.78 is 9.79. The molecule has 0 amide bonds. The molecule has 7 nitrogen and oxygen atoms in total. The predicted octanol–water partition coefficient (Wildman–Crippen LogP) is 1.80. The van der Waals surface area contributed by atoms with E-state index in [1.165, 1.54) is 19.5 Å². The maximum absolute atomic E-state index is 11.2. The van der Waals surface area contributed by atoms with Crippen molar-refractivity contribution in [1.29, 1.82) is 0 Å². The average molecular weight is 274 g/mol. The Morgan fingerprint density at radius 1 is 1.20 bits per heavy atom. The fourth-order valence-electron chi connectivity index (χ4n) is 1.44. The third-order valence-electron chi connectivity index (χ3n) is 2.35. The van der Waals surface area contributed by atoms with Crippen LogP contribution in [-0.4, -0.2) is 34.6 Å². The molecule has 2 heterocycles. The van der Waals surface area contributed by atoms with Gasteiger partial charge < -0.3 is 14.8 Å². The quantitative estimate of drug-likeness (QED) is 0.832. The first kappa shape index (κ1) is 13.7. The molecular formula is C13H14N4O3. The number of aromatic nitrogens is 3. The Bertz CT molecular complexity index is 569. The number of esters is 1. The molecule has 1 N–H and O–H groups in total. The van der Waals surface area contributed by atoms with Crippen molar-refractivity contribution in [3.63, 3.8) is 0 Å². The van der Waals surface area contributed by atoms with E-state index in [4.69, 9.17) is 4.74 Å². The summed E-state index contributed by atoms with van der Waals surface area (Å²) in [5.74, 6) is 0.542. The number of carbonyl (C=O) groups is 1. The van der Waals surface area contributed by atoms with Crippen LogP contribution in [0.25, 0.3) is 0 Å². The van der Waals surface area contributed by atoms with Crippen molar-refractivity contribution in [2.24, 2.45) is 0 Å². The van der Waals surface area contributed by atoms with E-state index in [0.29, 0.717) is 18.3 Å². The summed E-state index contributed by atoms with van der Waals surface area (Å²) in [5.41, 5.74) is 0.899. The van der Waals surface area contributed by atoms with Gasteiger partial charge in [-0.05, 0) is 13.0 Å². The van der Waals surface area contributed by atoms with Gasteiger partial charge in [0.2, 0.25) is 5.88 Å². The second kappa shape index (κ2) is 6.46. The Hall–Kier alpha value is -2.70. The molecule has 0 aliphatic heterocycles. The Balaban J connectivity index is 2.04. The SMILES string of the molecule is CCOc1ccc(Nc2cnc(C(=O)OC)cn2)cn1. The van der Waals surface area contributed by atoms with E-state index in [0.717, 1.165) is 5.69 Å². The molecule has 2 aromatic heterocycles. The van der Waals surface area contributed by atoms with E-state index in [1.54, 1.807) is 12.3 Å². The molecule has 0 unspecified atom stereocenters. The van der Waals surface area contributed by atoms with Crippen LogP contribution in [0.3, 0.4) is 0 Å². The number of nitrogens with zero attached hydrogens (tertiary/aromatic N) is 3. The van der Waals surface area contributed by atoms with Crippen LogP contribution < -0.4 is 10.1 Å². The van der Waals surface area contributed by atoms with E-state index < -0.39 is 5.97 Å². The minimum atomic E-state index is -0.521. The largest absolute Gasteiger partial charge is 0.478 e. The van der Waals surface area contributed by atoms with Crippen molar-refractivity contribution in [2.45, 2.75) is 6.92 Å². The Kier molecular flexibility index (Phi) is 4.43. The monoisotopic (exact) mass is 274 g/mol. The normalized spacial score (nSPS) is 9.90. The molecule has 0 bridgehead atoms. The van der Waals surface area contributed by atoms with Gasteiger partial charge in [0.1, 0.15) is 5.82 Å². The first-order chi connectivity index (χ1) is 9.72. The van der Waals surface area contributed by atoms with Crippen LogP contribution in [0.5, 0.6) is 5.88 Å². The van der Waals surface area contributed by atoms with E-state index in [2.05, 4.69) is 25.0 Å². The van der Waals surface area contributed by atoms with Crippen molar-refractivity contribution in [2.75, 3.05) is 19.0 Å². The van der Waals surface area contributed by atoms with Crippen LogP contribution in [0.1, 0.15) is 17.4 Å². The maximum Gasteiger partial charge on any atom is 0.358 e. The minimum Gasteiger partial charge on any atom is -0.478 e. The zero-order valence-electron chi connectivity index (χ0n) is 11.2. The number of hydrogen-bond donors (Lipinski definition) is 1. The molecule has 0 radical (unpaired) electrons. The van der Waals surface area contributed by atoms with Crippen LogP contribution in [0, 0.1) is 0 Å². The number of hydrogen-bond acceptors (Lipinski definition) is 7. The van der Waals surface area contributed by atoms with E-state index in [9.17, 15) is 4.79 Å². The Morgan fingerprint density at radius 3 is 2.60 bits per heavy atom. The highest BCUT2D eigenvalue weighted by molar-refractivity contribution is 5.86. The van der Waals surface area contributed by atoms with Crippen LogP contribution in [0.15, 0.2) is 30.7 Å². The number of rotatable bonds is 5. The number of pyridine rings is 1. The highest BCUT2D eigenvalue weighted by atomic mass is 16.5. The number of methoxy groups -OCH3 is 1. The van der Waals surface area contributed by atoms with Crippen LogP contribution in [0.2, 0.25) is 0 Å². The lowest BCUT2D eigenvalue weighted by molar-refractivity contribution is 0.0593. The summed E-state index contributed by atoms with van der Waals surface area (Å²) in [7, 11) is 1.29. The second-order valence-corrected chi connectivity index (χ2v) is 3.72. The average Bonchev–Trinajstić information content (AvgIpc) is 2.49. The topological polar surface area (TPSA) is 86.2 Å². The molecule has 7 heteroatoms. The van der Waals surface area contributed by atoms with Gasteiger partial charge in [-0.25, -0.2) is 19.7 Å². The second-order valence-electron chi connectivity index (χ2n) is 3.72. The van der Waals surface area contributed by atoms with Gasteiger partial charge in [0.15, 0.2) is 5.69 Å². The van der Waals surface area contributed by atoms with Gasteiger partial charge in [-0.15, -0.1) is 0 Å². The van der Waals surface area contributed by atoms with Gasteiger partial charge in [-0.2, -0.15) is 0 Å². The number of nitrogens with one attached hydrogen (secondary N) is 1. The first-order valence-electron chi connectivity index (χ1n) is 5.99. The van der Waals surface area contributed by atoms with Crippen molar-refractivity contribution in [1.82, 2.24) is 15.0 Å². The van der Waals surface area contributed by atoms with E-state index in [1.807, 2.05) is 13.0 Å². The number of carbonyl (C=O) groups excluding carboxylic acids is 1. The van der Waals surface area contributed by atoms with Crippen LogP contribution in [-0.2, 0) is 4.74 Å². The summed E-state index contributed by atoms with van der Waals surface area (Å²) in [4.78, 5) is 23.3. The highest BCUT2D eigenvalue weighted by Gasteiger charge is 2.07. The van der Waals surface area contributed by atoms with Gasteiger partial charge in [0.25, 0.3) is 0 Å². The molecule has 0 aromatic carbocycles. The van der Waals surface area contributed by atoms with Crippen LogP contribution >= 0.6 is 0 Å². The van der Waals surface area contributed by atoms with Crippen LogP contribution in [0.4, 0.5) is 11.5 Å². The smallest absolute Gasteiger partial charge is 0.358 e. The molecule has 0 aliphatic carbocycles. The van der Waals surface area contributed by atoms with Gasteiger partial charge in [-0.3, -0.25) is 0 Å². The molecule has 0 fully saturated rings. The van der Waals surface area contributed by atoms with E-state index >= 15 is 0 Å². The van der Waals surface area contributed by atoms with Gasteiger partial charge in [0, 0.05) is 6.07 Å². The first-order valence-corrected chi connectivity index (χ1v) is 5.99. The lowest BCUT2D eigenvalue weighted by Gasteiger charge is -2.06. The van der Waals surface area contributed by atoms with Crippen molar-refractivity contribution in [3.05, 3.63) is 36.4 Å². The molecular weight excluding hydrogens is 260 g/mol. The summed E-state index contributed by atoms with van der Waals surface area (Å²) in [6, 6.07) is 3.57. The predicted molar refractivity (Wildman–Crippen MR) is 72.1 cm³/mol. The van der Waals surface area contributed by atoms with Crippen molar-refractivity contribution >= 4 is 17.5 Å². The molecule has 0 atom stereocenters. The fraction of sp³-hybridized carbons (Fsp3) is 0.231. The van der Waals surface area contributed by atoms with Gasteiger partial charge in [-0.1, -0.05) is 0 Å². The molecule has 2 aromatic rings. The summed E-state index contributed by atoms with van der Waals surface area (Å²) in [5, 5.41) is 3.01. The molecule has 0 saturated heterocycles. The van der Waals surface area contributed by atoms with E-state index in [-0.39, 0.29) is 5.69 Å². The molecule has 0 aliphatic rings. The standard InChI is InChI=1S/C13H14N4O3/c1-3-20-12-5-4-9(6-16-12)17-11-8-14-10(7-15-11)13(18)19-2/h4-8H,3H2,1-2H3,(H,15,17). The minimum absolute atomic E-state index is 0.155. The lowest BCUT2D eigenvalue weighted by Crippen LogP contribution is -2.05. The number of ether oxygens (including phenoxy) is 2. The van der Waals surface area contributed by atoms with Gasteiger partial charge in [0.05, 0.1) is 38.0 Å². The van der Waals surface area contributed by atoms with Crippen molar-refractivity contribution < 1.29 is 14.3 Å². The summed E-state index contributed by atoms with van der Waals surface area (Å²) >= 11 is 0. The Morgan fingerprint density at radius 2 is 2.05 bits per heavy atom. The molecule has 0 spiro atoms. The molecule has 2 rings (SSSR count). The molecule has 104 valence electrons. The molecule has 20 heavy (non-hydrogen) atoms. The maximum atomic E-state index is 11.2. The van der Waals surface area contributed by atoms with Gasteiger partial charge >= 0.3 is 5.97 Å². The highest BCUT2D eigenvalue weighted by Crippen LogP contribution is 2.15. The third-order valence-corrected chi connectivity index (χ3v) is 2.35. The zero-order chi connectivity index (χ0) is 14.4. The summed E-state index contributed by atoms with van der Waals surface area (Å²) in [6.45, 7) is 2.46. The summed E-state index contributed by atoms with van der Waals surface area (Å²) in [6.07, 6.45) is 4.42. The van der Waals surface area contributed by atoms with Crippen molar-refractivity contribution in [3.8, 4) is 5.88 Å². The Labute approximate surface area is 116 Å². The fourth-order valence-corrected chi connectivity index (χ4v) is 1.44. The molecule has 0 saturated carbocycles.